The van der Waals surface area contributed by atoms with Crippen molar-refractivity contribution in [3.8, 4) is 0 Å². The fourth-order valence-electron chi connectivity index (χ4n) is 3.04. The van der Waals surface area contributed by atoms with E-state index in [-0.39, 0.29) is 59.2 Å². The Hall–Kier alpha value is -2.31. The number of carbonyl (C=O) groups excluding carboxylic acids is 5. The number of aromatic nitrogens is 1. The first-order valence-corrected chi connectivity index (χ1v) is 11.4. The van der Waals surface area contributed by atoms with E-state index in [1.807, 2.05) is 0 Å². The van der Waals surface area contributed by atoms with Gasteiger partial charge in [0.1, 0.15) is 6.04 Å². The molecule has 0 spiro atoms. The Morgan fingerprint density at radius 3 is 2.52 bits per heavy atom. The molecule has 176 valence electrons. The molecule has 0 aromatic carbocycles. The van der Waals surface area contributed by atoms with E-state index in [4.69, 9.17) is 10.3 Å². The largest absolute Gasteiger partial charge is 1.00 e. The second-order valence-corrected chi connectivity index (χ2v) is 8.97. The van der Waals surface area contributed by atoms with Crippen LogP contribution >= 0.6 is 11.3 Å². The summed E-state index contributed by atoms with van der Waals surface area (Å²) in [5.41, 5.74) is 5.58. The van der Waals surface area contributed by atoms with Crippen LogP contribution in [0.5, 0.6) is 0 Å². The molecule has 1 aromatic rings. The monoisotopic (exact) mass is 513 g/mol. The maximum Gasteiger partial charge on any atom is 1.00 e. The molecule has 3 rings (SSSR count). The molecule has 2 unspecified atom stereocenters. The van der Waals surface area contributed by atoms with E-state index in [1.165, 1.54) is 10.3 Å². The molecule has 2 saturated heterocycles. The molecule has 2 fully saturated rings. The Morgan fingerprint density at radius 1 is 1.33 bits per heavy atom. The summed E-state index contributed by atoms with van der Waals surface area (Å²) >= 11 is 0.966. The molecule has 5 N–H and O–H groups in total. The van der Waals surface area contributed by atoms with Crippen LogP contribution in [-0.4, -0.2) is 93.9 Å². The number of hydrogen-bond donors (Lipinski definition) is 4. The Bertz CT molecular complexity index is 1100. The number of β-lactam (4-membered cyclic amide) rings is 1. The number of hydrogen-bond acceptors (Lipinski definition) is 10. The van der Waals surface area contributed by atoms with Crippen molar-refractivity contribution in [2.45, 2.75) is 19.0 Å². The number of carbonyl (C=O) groups is 5. The van der Waals surface area contributed by atoms with E-state index in [0.29, 0.717) is 11.4 Å². The molecule has 0 aliphatic carbocycles. The van der Waals surface area contributed by atoms with Crippen LogP contribution in [0, 0.1) is 0 Å². The standard InChI is InChI=1S/C15H19N7O8S2.Na.H/c1-2-20-3-4-21(13(26)12(20)25)15(27)19-9(8-6-31-14(16)18-8)10(23)17-7-5-22(11(7)24)32(28,29)30;;/h6-7,9H,2-5H2,1H3,(H2,16,18)(H,17,23)(H,19,27)(H,28,29,30);;/q;+1;-1. The zero-order valence-electron chi connectivity index (χ0n) is 18.5. The van der Waals surface area contributed by atoms with Crippen molar-refractivity contribution in [1.29, 1.82) is 0 Å². The SMILES string of the molecule is CCN1CCN(C(=O)NC(C(=O)NC2CN(S(=O)(=O)O)C2=O)c2csc(N)n2)C(=O)C1=O.[H-].[Na+]. The minimum Gasteiger partial charge on any atom is -1.00 e. The average Bonchev–Trinajstić information content (AvgIpc) is 3.15. The van der Waals surface area contributed by atoms with Crippen LogP contribution < -0.4 is 45.9 Å². The molecule has 2 aliphatic rings. The summed E-state index contributed by atoms with van der Waals surface area (Å²) < 4.78 is 31.1. The van der Waals surface area contributed by atoms with Crippen LogP contribution in [0.4, 0.5) is 9.93 Å². The Morgan fingerprint density at radius 2 is 2.00 bits per heavy atom. The fraction of sp³-hybridized carbons (Fsp3) is 0.467. The van der Waals surface area contributed by atoms with Crippen molar-refractivity contribution in [1.82, 2.24) is 29.7 Å². The summed E-state index contributed by atoms with van der Waals surface area (Å²) in [6.07, 6.45) is 0. The third-order valence-corrected chi connectivity index (χ3v) is 6.37. The van der Waals surface area contributed by atoms with Gasteiger partial charge in [-0.2, -0.15) is 8.42 Å². The van der Waals surface area contributed by atoms with Crippen molar-refractivity contribution in [2.24, 2.45) is 0 Å². The van der Waals surface area contributed by atoms with E-state index in [2.05, 4.69) is 15.6 Å². The summed E-state index contributed by atoms with van der Waals surface area (Å²) in [4.78, 5) is 67.4. The molecule has 15 nitrogen and oxygen atoms in total. The Balaban J connectivity index is 0.00000289. The van der Waals surface area contributed by atoms with E-state index in [0.717, 1.165) is 11.3 Å². The second-order valence-electron chi connectivity index (χ2n) is 6.74. The van der Waals surface area contributed by atoms with Crippen LogP contribution in [0.2, 0.25) is 0 Å². The normalized spacial score (nSPS) is 19.5. The third-order valence-electron chi connectivity index (χ3n) is 4.79. The van der Waals surface area contributed by atoms with Crippen LogP contribution in [0.25, 0.3) is 0 Å². The Kier molecular flexibility index (Phi) is 8.41. The van der Waals surface area contributed by atoms with Crippen LogP contribution in [0.1, 0.15) is 20.1 Å². The summed E-state index contributed by atoms with van der Waals surface area (Å²) in [6, 6.07) is -3.81. The van der Waals surface area contributed by atoms with Crippen molar-refractivity contribution >= 4 is 56.4 Å². The van der Waals surface area contributed by atoms with Gasteiger partial charge in [-0.3, -0.25) is 28.6 Å². The number of thiazole rings is 1. The van der Waals surface area contributed by atoms with Crippen molar-refractivity contribution in [2.75, 3.05) is 31.9 Å². The van der Waals surface area contributed by atoms with Crippen LogP contribution in [-0.2, 0) is 29.5 Å². The second kappa shape index (κ2) is 10.3. The average molecular weight is 513 g/mol. The minimum absolute atomic E-state index is 0. The van der Waals surface area contributed by atoms with Crippen LogP contribution in [0.15, 0.2) is 5.38 Å². The van der Waals surface area contributed by atoms with Gasteiger partial charge in [0.05, 0.1) is 12.2 Å². The van der Waals surface area contributed by atoms with E-state index in [9.17, 15) is 32.4 Å². The number of piperazine rings is 1. The number of imide groups is 1. The number of urea groups is 1. The van der Waals surface area contributed by atoms with Gasteiger partial charge in [-0.15, -0.1) is 11.3 Å². The topological polar surface area (TPSA) is 212 Å². The number of nitrogens with zero attached hydrogens (tertiary/aromatic N) is 4. The predicted molar refractivity (Wildman–Crippen MR) is 108 cm³/mol. The first-order valence-electron chi connectivity index (χ1n) is 9.15. The number of nitrogens with one attached hydrogen (secondary N) is 2. The smallest absolute Gasteiger partial charge is 1.00 e. The first kappa shape index (κ1) is 26.9. The zero-order chi connectivity index (χ0) is 23.8. The number of rotatable bonds is 6. The number of anilines is 1. The molecule has 18 heteroatoms. The van der Waals surface area contributed by atoms with Gasteiger partial charge in [0.15, 0.2) is 11.2 Å². The third kappa shape index (κ3) is 5.61. The fourth-order valence-corrected chi connectivity index (χ4v) is 4.32. The van der Waals surface area contributed by atoms with Crippen molar-refractivity contribution in [3.63, 3.8) is 0 Å². The van der Waals surface area contributed by atoms with E-state index in [1.54, 1.807) is 6.92 Å². The van der Waals surface area contributed by atoms with Gasteiger partial charge < -0.3 is 22.7 Å². The Labute approximate surface area is 215 Å². The molecule has 33 heavy (non-hydrogen) atoms. The number of nitrogen functional groups attached to an aromatic ring is 1. The summed E-state index contributed by atoms with van der Waals surface area (Å²) in [5.74, 6) is -3.94. The molecule has 6 amide bonds. The van der Waals surface area contributed by atoms with Gasteiger partial charge in [0, 0.05) is 25.0 Å². The maximum atomic E-state index is 12.8. The van der Waals surface area contributed by atoms with Gasteiger partial charge in [-0.05, 0) is 6.92 Å². The van der Waals surface area contributed by atoms with Gasteiger partial charge in [0.2, 0.25) is 5.91 Å². The molecule has 2 atom stereocenters. The minimum atomic E-state index is -4.75. The molecular formula is C15H20N7NaO8S2. The number of nitrogens with two attached hydrogens (primary N) is 1. The summed E-state index contributed by atoms with van der Waals surface area (Å²) in [7, 11) is -4.75. The molecule has 3 heterocycles. The maximum absolute atomic E-state index is 12.8. The zero-order valence-corrected chi connectivity index (χ0v) is 21.2. The van der Waals surface area contributed by atoms with Gasteiger partial charge >= 0.3 is 57.7 Å². The molecule has 0 saturated carbocycles. The molecule has 0 radical (unpaired) electrons. The summed E-state index contributed by atoms with van der Waals surface area (Å²) in [6.45, 7) is 1.49. The molecule has 0 bridgehead atoms. The van der Waals surface area contributed by atoms with Crippen molar-refractivity contribution in [3.05, 3.63) is 11.1 Å². The van der Waals surface area contributed by atoms with Gasteiger partial charge in [-0.1, -0.05) is 0 Å². The first-order chi connectivity index (χ1) is 14.9. The number of amides is 6. The van der Waals surface area contributed by atoms with E-state index >= 15 is 0 Å². The van der Waals surface area contributed by atoms with Gasteiger partial charge in [-0.25, -0.2) is 14.1 Å². The number of likely N-dealkylation sites (N-methyl/N-ethyl adjacent to an activating group) is 1. The van der Waals surface area contributed by atoms with Gasteiger partial charge in [0.25, 0.3) is 5.91 Å². The van der Waals surface area contributed by atoms with Crippen molar-refractivity contribution < 1.29 is 67.9 Å². The molecule has 2 aliphatic heterocycles. The van der Waals surface area contributed by atoms with E-state index < -0.39 is 58.6 Å². The molecular weight excluding hydrogens is 493 g/mol. The quantitative estimate of drug-likeness (QED) is 0.122. The summed E-state index contributed by atoms with van der Waals surface area (Å²) in [5, 5.41) is 5.98. The predicted octanol–water partition coefficient (Wildman–Crippen LogP) is -5.59. The molecule has 1 aromatic heterocycles. The van der Waals surface area contributed by atoms with Crippen LogP contribution in [0.3, 0.4) is 0 Å².